The van der Waals surface area contributed by atoms with Crippen LogP contribution in [0.25, 0.3) is 0 Å². The van der Waals surface area contributed by atoms with Crippen LogP contribution in [0, 0.1) is 5.82 Å². The van der Waals surface area contributed by atoms with Gasteiger partial charge in [-0.15, -0.1) is 0 Å². The highest BCUT2D eigenvalue weighted by atomic mass is 19.1. The number of aliphatic hydroxyl groups is 1. The first kappa shape index (κ1) is 17.4. The first-order valence-electron chi connectivity index (χ1n) is 8.40. The van der Waals surface area contributed by atoms with E-state index in [4.69, 9.17) is 4.74 Å². The fourth-order valence-corrected chi connectivity index (χ4v) is 2.94. The second-order valence-corrected chi connectivity index (χ2v) is 6.41. The van der Waals surface area contributed by atoms with E-state index in [0.717, 1.165) is 0 Å². The number of likely N-dealkylation sites (tertiary alicyclic amines) is 1. The molecule has 2 aromatic rings. The molecule has 25 heavy (non-hydrogen) atoms. The highest BCUT2D eigenvalue weighted by molar-refractivity contribution is 5.76. The summed E-state index contributed by atoms with van der Waals surface area (Å²) in [6, 6.07) is 7.65. The summed E-state index contributed by atoms with van der Waals surface area (Å²) in [6.07, 6.45) is 5.15. The van der Waals surface area contributed by atoms with Crippen LogP contribution in [0.4, 0.5) is 4.39 Å². The molecule has 1 aliphatic rings. The Morgan fingerprint density at radius 2 is 2.28 bits per heavy atom. The van der Waals surface area contributed by atoms with Crippen molar-refractivity contribution in [2.45, 2.75) is 31.4 Å². The van der Waals surface area contributed by atoms with Crippen LogP contribution < -0.4 is 4.74 Å². The van der Waals surface area contributed by atoms with Crippen LogP contribution in [0.3, 0.4) is 0 Å². The zero-order chi connectivity index (χ0) is 17.7. The number of amides is 1. The van der Waals surface area contributed by atoms with E-state index in [1.54, 1.807) is 27.9 Å². The average Bonchev–Trinajstić information content (AvgIpc) is 3.23. The van der Waals surface area contributed by atoms with Crippen molar-refractivity contribution < 1.29 is 19.0 Å². The molecule has 0 saturated carbocycles. The third-order valence-corrected chi connectivity index (χ3v) is 4.33. The van der Waals surface area contributed by atoms with Gasteiger partial charge in [-0.3, -0.25) is 9.48 Å². The van der Waals surface area contributed by atoms with Crippen LogP contribution in [-0.2, 0) is 11.3 Å². The second-order valence-electron chi connectivity index (χ2n) is 6.41. The van der Waals surface area contributed by atoms with Gasteiger partial charge >= 0.3 is 0 Å². The van der Waals surface area contributed by atoms with Crippen molar-refractivity contribution in [3.63, 3.8) is 0 Å². The molecule has 1 aromatic carbocycles. The van der Waals surface area contributed by atoms with Crippen LogP contribution in [0.2, 0.25) is 0 Å². The summed E-state index contributed by atoms with van der Waals surface area (Å²) in [5.74, 6) is 0.0103. The van der Waals surface area contributed by atoms with E-state index in [0.29, 0.717) is 38.1 Å². The van der Waals surface area contributed by atoms with Gasteiger partial charge in [-0.2, -0.15) is 5.10 Å². The zero-order valence-electron chi connectivity index (χ0n) is 14.0. The molecule has 1 aromatic heterocycles. The fourth-order valence-electron chi connectivity index (χ4n) is 2.94. The Kier molecular flexibility index (Phi) is 5.33. The van der Waals surface area contributed by atoms with Gasteiger partial charge in [0.15, 0.2) is 0 Å². The van der Waals surface area contributed by atoms with E-state index in [1.165, 1.54) is 12.1 Å². The van der Waals surface area contributed by atoms with Crippen LogP contribution in [0.1, 0.15) is 19.3 Å². The maximum Gasteiger partial charge on any atom is 0.222 e. The molecule has 1 fully saturated rings. The van der Waals surface area contributed by atoms with Crippen molar-refractivity contribution in [2.24, 2.45) is 0 Å². The standard InChI is InChI=1S/C18H22FN3O3/c19-15-4-1-5-16(12-15)25-14-18(24)7-11-21(13-18)17(23)6-2-9-22-10-3-8-20-22/h1,3-5,8,10,12,24H,2,6-7,9,11,13-14H2/t18-/m0/s1. The molecular formula is C18H22FN3O3. The number of carbonyl (C=O) groups is 1. The second kappa shape index (κ2) is 7.65. The van der Waals surface area contributed by atoms with Crippen LogP contribution in [0.15, 0.2) is 42.7 Å². The van der Waals surface area contributed by atoms with Gasteiger partial charge in [-0.1, -0.05) is 6.07 Å². The molecule has 1 saturated heterocycles. The Balaban J connectivity index is 1.44. The van der Waals surface area contributed by atoms with Crippen LogP contribution in [0.5, 0.6) is 5.75 Å². The molecule has 1 atom stereocenters. The van der Waals surface area contributed by atoms with Crippen molar-refractivity contribution in [1.29, 1.82) is 0 Å². The molecular weight excluding hydrogens is 325 g/mol. The topological polar surface area (TPSA) is 67.6 Å². The number of nitrogens with zero attached hydrogens (tertiary/aromatic N) is 3. The van der Waals surface area contributed by atoms with E-state index in [-0.39, 0.29) is 24.9 Å². The van der Waals surface area contributed by atoms with Crippen molar-refractivity contribution in [3.8, 4) is 5.75 Å². The summed E-state index contributed by atoms with van der Waals surface area (Å²) in [4.78, 5) is 13.9. The lowest BCUT2D eigenvalue weighted by Crippen LogP contribution is -2.40. The van der Waals surface area contributed by atoms with Crippen molar-refractivity contribution in [3.05, 3.63) is 48.5 Å². The van der Waals surface area contributed by atoms with E-state index in [1.807, 2.05) is 12.3 Å². The Morgan fingerprint density at radius 3 is 3.04 bits per heavy atom. The number of halogens is 1. The predicted molar refractivity (Wildman–Crippen MR) is 89.5 cm³/mol. The van der Waals surface area contributed by atoms with E-state index >= 15 is 0 Å². The van der Waals surface area contributed by atoms with Crippen molar-refractivity contribution >= 4 is 5.91 Å². The lowest BCUT2D eigenvalue weighted by molar-refractivity contribution is -0.131. The van der Waals surface area contributed by atoms with Crippen LogP contribution >= 0.6 is 0 Å². The number of hydrogen-bond donors (Lipinski definition) is 1. The molecule has 0 unspecified atom stereocenters. The van der Waals surface area contributed by atoms with Gasteiger partial charge in [0.05, 0.1) is 6.54 Å². The summed E-state index contributed by atoms with van der Waals surface area (Å²) in [5.41, 5.74) is -1.09. The number of aromatic nitrogens is 2. The zero-order valence-corrected chi connectivity index (χ0v) is 14.0. The predicted octanol–water partition coefficient (Wildman–Crippen LogP) is 1.84. The van der Waals surface area contributed by atoms with Gasteiger partial charge in [-0.25, -0.2) is 4.39 Å². The first-order chi connectivity index (χ1) is 12.0. The number of rotatable bonds is 7. The van der Waals surface area contributed by atoms with Crippen molar-refractivity contribution in [1.82, 2.24) is 14.7 Å². The summed E-state index contributed by atoms with van der Waals surface area (Å²) < 4.78 is 20.4. The highest BCUT2D eigenvalue weighted by Crippen LogP contribution is 2.24. The highest BCUT2D eigenvalue weighted by Gasteiger charge is 2.38. The molecule has 3 rings (SSSR count). The van der Waals surface area contributed by atoms with Gasteiger partial charge in [0.1, 0.15) is 23.8 Å². The molecule has 0 spiro atoms. The molecule has 0 bridgehead atoms. The van der Waals surface area contributed by atoms with E-state index < -0.39 is 5.60 Å². The Morgan fingerprint density at radius 1 is 1.40 bits per heavy atom. The number of aryl methyl sites for hydroxylation is 1. The fraction of sp³-hybridized carbons (Fsp3) is 0.444. The minimum atomic E-state index is -1.09. The van der Waals surface area contributed by atoms with Crippen LogP contribution in [-0.4, -0.2) is 51.0 Å². The Hall–Kier alpha value is -2.41. The molecule has 134 valence electrons. The maximum absolute atomic E-state index is 13.1. The Bertz CT molecular complexity index is 707. The maximum atomic E-state index is 13.1. The normalized spacial score (nSPS) is 20.0. The molecule has 0 aliphatic carbocycles. The molecule has 1 N–H and O–H groups in total. The number of benzene rings is 1. The lowest BCUT2D eigenvalue weighted by Gasteiger charge is -2.23. The smallest absolute Gasteiger partial charge is 0.222 e. The van der Waals surface area contributed by atoms with E-state index in [2.05, 4.69) is 5.10 Å². The summed E-state index contributed by atoms with van der Waals surface area (Å²) in [5, 5.41) is 14.7. The molecule has 7 heteroatoms. The minimum absolute atomic E-state index is 0.0221. The third-order valence-electron chi connectivity index (χ3n) is 4.33. The first-order valence-corrected chi connectivity index (χ1v) is 8.40. The number of carbonyl (C=O) groups excluding carboxylic acids is 1. The van der Waals surface area contributed by atoms with Gasteiger partial charge in [0, 0.05) is 38.0 Å². The quantitative estimate of drug-likeness (QED) is 0.830. The number of ether oxygens (including phenoxy) is 1. The van der Waals surface area contributed by atoms with Gasteiger partial charge in [-0.05, 0) is 31.0 Å². The Labute approximate surface area is 145 Å². The molecule has 0 radical (unpaired) electrons. The van der Waals surface area contributed by atoms with Gasteiger partial charge in [0.25, 0.3) is 0 Å². The van der Waals surface area contributed by atoms with Crippen molar-refractivity contribution in [2.75, 3.05) is 19.7 Å². The SMILES string of the molecule is O=C(CCCn1cccn1)N1CC[C@@](O)(COc2cccc(F)c2)C1. The minimum Gasteiger partial charge on any atom is -0.490 e. The lowest BCUT2D eigenvalue weighted by atomic mass is 10.1. The largest absolute Gasteiger partial charge is 0.490 e. The van der Waals surface area contributed by atoms with Gasteiger partial charge in [0.2, 0.25) is 5.91 Å². The molecule has 6 nitrogen and oxygen atoms in total. The van der Waals surface area contributed by atoms with Gasteiger partial charge < -0.3 is 14.7 Å². The summed E-state index contributed by atoms with van der Waals surface area (Å²) >= 11 is 0. The monoisotopic (exact) mass is 347 g/mol. The van der Waals surface area contributed by atoms with E-state index in [9.17, 15) is 14.3 Å². The number of β-amino-alcohol motifs (C(OH)–C–C–N with tert-alkyl or cyclic N) is 1. The summed E-state index contributed by atoms with van der Waals surface area (Å²) in [6.45, 7) is 1.47. The third kappa shape index (κ3) is 4.79. The number of hydrogen-bond acceptors (Lipinski definition) is 4. The average molecular weight is 347 g/mol. The molecule has 2 heterocycles. The summed E-state index contributed by atoms with van der Waals surface area (Å²) in [7, 11) is 0. The molecule has 1 amide bonds. The molecule has 1 aliphatic heterocycles.